The highest BCUT2D eigenvalue weighted by atomic mass is 16.5. The first-order valence-electron chi connectivity index (χ1n) is 23.1. The number of fused-ring (bicyclic) bond motifs is 2. The third-order valence-corrected chi connectivity index (χ3v) is 13.0. The van der Waals surface area contributed by atoms with Crippen LogP contribution in [0.4, 0.5) is 5.69 Å². The summed E-state index contributed by atoms with van der Waals surface area (Å²) in [5.41, 5.74) is 17.9. The highest BCUT2D eigenvalue weighted by molar-refractivity contribution is 5.96. The molecule has 3 heterocycles. The van der Waals surface area contributed by atoms with Crippen molar-refractivity contribution in [1.29, 1.82) is 0 Å². The lowest BCUT2D eigenvalue weighted by atomic mass is 9.98. The largest absolute Gasteiger partial charge is 0.488 e. The normalized spacial score (nSPS) is 15.8. The Bertz CT molecular complexity index is 3110. The van der Waals surface area contributed by atoms with Gasteiger partial charge in [-0.1, -0.05) is 78.9 Å². The summed E-state index contributed by atoms with van der Waals surface area (Å²) in [6.07, 6.45) is 3.62. The number of nitrogens with two attached hydrogens (primary N) is 1. The number of hydrogen-bond acceptors (Lipinski definition) is 10. The topological polar surface area (TPSA) is 179 Å². The minimum Gasteiger partial charge on any atom is -0.488 e. The summed E-state index contributed by atoms with van der Waals surface area (Å²) in [6, 6.07) is 41.9. The Kier molecular flexibility index (Phi) is 13.0. The number of benzene rings is 6. The molecular formula is C56H53N3O9. The Morgan fingerprint density at radius 2 is 1.34 bits per heavy atom. The van der Waals surface area contributed by atoms with Crippen molar-refractivity contribution in [3.8, 4) is 33.8 Å². The van der Waals surface area contributed by atoms with E-state index in [-0.39, 0.29) is 38.0 Å². The van der Waals surface area contributed by atoms with Crippen molar-refractivity contribution in [2.45, 2.75) is 63.9 Å². The Balaban J connectivity index is 0.841. The van der Waals surface area contributed by atoms with Crippen LogP contribution in [0.1, 0.15) is 57.9 Å². The molecule has 1 aliphatic heterocycles. The number of carboxylic acids is 2. The van der Waals surface area contributed by atoms with E-state index in [0.717, 1.165) is 85.2 Å². The lowest BCUT2D eigenvalue weighted by Gasteiger charge is -2.21. The van der Waals surface area contributed by atoms with Gasteiger partial charge in [-0.2, -0.15) is 0 Å². The Labute approximate surface area is 393 Å². The average Bonchev–Trinajstić information content (AvgIpc) is 3.78. The van der Waals surface area contributed by atoms with Crippen molar-refractivity contribution in [3.05, 3.63) is 173 Å². The average molecular weight is 912 g/mol. The number of aliphatic carboxylic acids is 2. The van der Waals surface area contributed by atoms with E-state index < -0.39 is 11.9 Å². The molecule has 346 valence electrons. The van der Waals surface area contributed by atoms with E-state index in [4.69, 9.17) is 28.8 Å². The predicted octanol–water partition coefficient (Wildman–Crippen LogP) is 10.5. The number of carbonyl (C=O) groups is 2. The Morgan fingerprint density at radius 1 is 0.676 bits per heavy atom. The van der Waals surface area contributed by atoms with Crippen molar-refractivity contribution in [1.82, 2.24) is 5.32 Å². The van der Waals surface area contributed by atoms with Gasteiger partial charge in [0.2, 0.25) is 0 Å². The number of ether oxygens (including phenoxy) is 3. The molecule has 0 spiro atoms. The smallest absolute Gasteiger partial charge is 0.307 e. The molecule has 2 aliphatic rings. The monoisotopic (exact) mass is 911 g/mol. The zero-order valence-corrected chi connectivity index (χ0v) is 37.5. The van der Waals surface area contributed by atoms with E-state index in [1.165, 1.54) is 0 Å². The van der Waals surface area contributed by atoms with Gasteiger partial charge in [-0.15, -0.1) is 0 Å². The van der Waals surface area contributed by atoms with Crippen molar-refractivity contribution in [3.63, 3.8) is 0 Å². The third kappa shape index (κ3) is 9.98. The summed E-state index contributed by atoms with van der Waals surface area (Å²) < 4.78 is 31.3. The van der Waals surface area contributed by atoms with Crippen LogP contribution in [0.2, 0.25) is 0 Å². The zero-order valence-electron chi connectivity index (χ0n) is 37.5. The maximum atomic E-state index is 11.5. The molecule has 1 aliphatic carbocycles. The quantitative estimate of drug-likeness (QED) is 0.0489. The Hall–Kier alpha value is -7.38. The molecule has 2 atom stereocenters. The van der Waals surface area contributed by atoms with Gasteiger partial charge in [0.15, 0.2) is 5.58 Å². The van der Waals surface area contributed by atoms with Gasteiger partial charge < -0.3 is 49.6 Å². The molecule has 1 saturated heterocycles. The van der Waals surface area contributed by atoms with Gasteiger partial charge >= 0.3 is 11.9 Å². The van der Waals surface area contributed by atoms with Gasteiger partial charge in [-0.3, -0.25) is 9.59 Å². The molecule has 6 N–H and O–H groups in total. The number of furan rings is 2. The molecule has 0 amide bonds. The first kappa shape index (κ1) is 44.5. The second kappa shape index (κ2) is 19.8. The van der Waals surface area contributed by atoms with E-state index in [1.807, 2.05) is 48.5 Å². The van der Waals surface area contributed by atoms with Crippen LogP contribution in [0.15, 0.2) is 142 Å². The highest BCUT2D eigenvalue weighted by Crippen LogP contribution is 2.46. The van der Waals surface area contributed by atoms with Crippen LogP contribution in [0.5, 0.6) is 11.5 Å². The van der Waals surface area contributed by atoms with E-state index in [9.17, 15) is 19.8 Å². The SMILES string of the molecule is NCc1cccc(-c2cc(NCC3COCC3NCc3cccc(-c4ccc5oc(C6CC6)c(COc6ccccc6CC(=O)O)c5c4)c3)c3occ(COc4ccccc4CC(=O)O)c3c2)c1. The molecule has 12 nitrogen and oxygen atoms in total. The van der Waals surface area contributed by atoms with Crippen LogP contribution < -0.4 is 25.8 Å². The number of anilines is 1. The van der Waals surface area contributed by atoms with Crippen LogP contribution in [0.25, 0.3) is 44.2 Å². The second-order valence-corrected chi connectivity index (χ2v) is 17.8. The molecule has 6 aromatic carbocycles. The summed E-state index contributed by atoms with van der Waals surface area (Å²) in [4.78, 5) is 23.1. The lowest BCUT2D eigenvalue weighted by Crippen LogP contribution is -2.38. The summed E-state index contributed by atoms with van der Waals surface area (Å²) in [5, 5.41) is 28.3. The van der Waals surface area contributed by atoms with Gasteiger partial charge in [-0.25, -0.2) is 0 Å². The van der Waals surface area contributed by atoms with Crippen LogP contribution in [0, 0.1) is 5.92 Å². The maximum absolute atomic E-state index is 11.5. The summed E-state index contributed by atoms with van der Waals surface area (Å²) in [7, 11) is 0. The molecule has 2 aromatic heterocycles. The van der Waals surface area contributed by atoms with Crippen LogP contribution in [-0.2, 0) is 53.5 Å². The molecule has 1 saturated carbocycles. The van der Waals surface area contributed by atoms with Gasteiger partial charge in [0.25, 0.3) is 0 Å². The second-order valence-electron chi connectivity index (χ2n) is 17.8. The number of nitrogens with one attached hydrogen (secondary N) is 2. The minimum atomic E-state index is -0.921. The molecule has 8 aromatic rings. The molecule has 0 bridgehead atoms. The highest BCUT2D eigenvalue weighted by Gasteiger charge is 2.32. The minimum absolute atomic E-state index is 0.101. The number of rotatable bonds is 20. The van der Waals surface area contributed by atoms with Crippen molar-refractivity contribution < 1.29 is 42.8 Å². The fourth-order valence-corrected chi connectivity index (χ4v) is 9.24. The first-order chi connectivity index (χ1) is 33.3. The van der Waals surface area contributed by atoms with Crippen LogP contribution in [0.3, 0.4) is 0 Å². The number of carboxylic acid groups (broad SMARTS) is 2. The molecule has 10 rings (SSSR count). The van der Waals surface area contributed by atoms with E-state index >= 15 is 0 Å². The van der Waals surface area contributed by atoms with Gasteiger partial charge in [-0.05, 0) is 94.8 Å². The van der Waals surface area contributed by atoms with Crippen LogP contribution in [-0.4, -0.2) is 48.0 Å². The number of hydrogen-bond donors (Lipinski definition) is 5. The van der Waals surface area contributed by atoms with E-state index in [1.54, 1.807) is 24.5 Å². The molecule has 2 unspecified atom stereocenters. The Morgan fingerprint density at radius 3 is 2.06 bits per heavy atom. The molecule has 12 heteroatoms. The molecule has 68 heavy (non-hydrogen) atoms. The maximum Gasteiger partial charge on any atom is 0.307 e. The van der Waals surface area contributed by atoms with Crippen molar-refractivity contribution in [2.24, 2.45) is 11.7 Å². The molecule has 0 radical (unpaired) electrons. The third-order valence-electron chi connectivity index (χ3n) is 13.0. The zero-order chi connectivity index (χ0) is 46.6. The standard InChI is InChI=1S/C56H53N3O9/c57-26-34-7-5-12-38(19-34)42-22-45-44(30-65-50-13-3-1-9-40(50)24-53(60)61)31-67-56(45)48(23-42)59-28-43-29-64-33-49(43)58-27-35-8-6-11-37(20-35)39-17-18-52-46(21-39)47(55(68-52)36-15-16-36)32-66-51-14-4-2-10-41(51)25-54(62)63/h1-14,17-23,31,36,43,49,58-59H,15-16,24-30,32-33,57H2,(H,60,61)(H,62,63). The van der Waals surface area contributed by atoms with Gasteiger partial charge in [0.1, 0.15) is 36.1 Å². The summed E-state index contributed by atoms with van der Waals surface area (Å²) in [5.74, 6) is 0.760. The first-order valence-corrected chi connectivity index (χ1v) is 23.1. The van der Waals surface area contributed by atoms with Crippen LogP contribution >= 0.6 is 0 Å². The van der Waals surface area contributed by atoms with E-state index in [0.29, 0.717) is 67.0 Å². The van der Waals surface area contributed by atoms with Gasteiger partial charge in [0.05, 0.1) is 38.0 Å². The summed E-state index contributed by atoms with van der Waals surface area (Å²) in [6.45, 7) is 3.39. The molecule has 2 fully saturated rings. The fraction of sp³-hybridized carbons (Fsp3) is 0.250. The summed E-state index contributed by atoms with van der Waals surface area (Å²) >= 11 is 0. The molecular weight excluding hydrogens is 859 g/mol. The number of para-hydroxylation sites is 2. The fourth-order valence-electron chi connectivity index (χ4n) is 9.24. The lowest BCUT2D eigenvalue weighted by molar-refractivity contribution is -0.137. The van der Waals surface area contributed by atoms with Gasteiger partial charge in [0, 0.05) is 70.5 Å². The predicted molar refractivity (Wildman–Crippen MR) is 261 cm³/mol. The van der Waals surface area contributed by atoms with Crippen molar-refractivity contribution in [2.75, 3.05) is 25.1 Å². The van der Waals surface area contributed by atoms with E-state index in [2.05, 4.69) is 71.3 Å². The van der Waals surface area contributed by atoms with Crippen molar-refractivity contribution >= 4 is 39.6 Å².